The van der Waals surface area contributed by atoms with Crippen LogP contribution in [0, 0.1) is 0 Å². The summed E-state index contributed by atoms with van der Waals surface area (Å²) in [4.78, 5) is 9.60. The average Bonchev–Trinajstić information content (AvgIpc) is 2.47. The van der Waals surface area contributed by atoms with Crippen molar-refractivity contribution in [1.82, 2.24) is 5.32 Å². The van der Waals surface area contributed by atoms with Crippen LogP contribution in [-0.4, -0.2) is 43.5 Å². The van der Waals surface area contributed by atoms with Crippen LogP contribution in [0.25, 0.3) is 0 Å². The fourth-order valence-electron chi connectivity index (χ4n) is 2.23. The van der Waals surface area contributed by atoms with Crippen LogP contribution in [0.1, 0.15) is 38.7 Å². The number of ether oxygens (including phenoxy) is 2. The fourth-order valence-corrected chi connectivity index (χ4v) is 2.23. The van der Waals surface area contributed by atoms with Crippen LogP contribution in [-0.2, 0) is 9.53 Å². The molecule has 2 atom stereocenters. The van der Waals surface area contributed by atoms with E-state index in [1.165, 1.54) is 5.56 Å². The van der Waals surface area contributed by atoms with Gasteiger partial charge in [-0.1, -0.05) is 12.1 Å². The Balaban J connectivity index is 0.000000295. The summed E-state index contributed by atoms with van der Waals surface area (Å²) >= 11 is 0. The van der Waals surface area contributed by atoms with Gasteiger partial charge in [0.2, 0.25) is 0 Å². The van der Waals surface area contributed by atoms with Crippen molar-refractivity contribution in [3.63, 3.8) is 0 Å². The van der Waals surface area contributed by atoms with Gasteiger partial charge in [0.05, 0.1) is 13.2 Å². The molecule has 1 fully saturated rings. The number of β-amino-alcohol motifs (C(OH)–C–C–N with tert-alkyl or cyclic N) is 1. The number of nitrogens with one attached hydrogen (secondary N) is 1. The molecule has 22 heavy (non-hydrogen) atoms. The summed E-state index contributed by atoms with van der Waals surface area (Å²) in [6.07, 6.45) is 0.722. The van der Waals surface area contributed by atoms with Gasteiger partial charge in [0, 0.05) is 12.5 Å². The zero-order valence-corrected chi connectivity index (χ0v) is 13.8. The third-order valence-corrected chi connectivity index (χ3v) is 3.40. The highest BCUT2D eigenvalue weighted by Crippen LogP contribution is 2.26. The van der Waals surface area contributed by atoms with E-state index < -0.39 is 0 Å². The summed E-state index contributed by atoms with van der Waals surface area (Å²) in [5.74, 6) is 1.12. The van der Waals surface area contributed by atoms with Crippen LogP contribution in [0.2, 0.25) is 0 Å². The normalized spacial score (nSPS) is 21.3. The SMILES string of the molecule is CC(C)(C)OC=O.COc1ccc([C@H]2CCNC[C@@H]2O)cc1. The summed E-state index contributed by atoms with van der Waals surface area (Å²) in [6.45, 7) is 7.59. The highest BCUT2D eigenvalue weighted by Gasteiger charge is 2.23. The van der Waals surface area contributed by atoms with E-state index >= 15 is 0 Å². The van der Waals surface area contributed by atoms with Gasteiger partial charge in [-0.25, -0.2) is 0 Å². The third kappa shape index (κ3) is 6.45. The summed E-state index contributed by atoms with van der Waals surface area (Å²) < 4.78 is 9.66. The van der Waals surface area contributed by atoms with Crippen LogP contribution in [0.3, 0.4) is 0 Å². The number of aliphatic hydroxyl groups excluding tert-OH is 1. The minimum atomic E-state index is -0.318. The number of carbonyl (C=O) groups excluding carboxylic acids is 1. The van der Waals surface area contributed by atoms with Gasteiger partial charge in [-0.3, -0.25) is 4.79 Å². The second-order valence-electron chi connectivity index (χ2n) is 6.27. The Hall–Kier alpha value is -1.59. The zero-order valence-electron chi connectivity index (χ0n) is 13.8. The Kier molecular flexibility index (Phi) is 7.35. The van der Waals surface area contributed by atoms with E-state index in [1.807, 2.05) is 45.0 Å². The molecular weight excluding hydrogens is 282 g/mol. The molecule has 0 bridgehead atoms. The van der Waals surface area contributed by atoms with Crippen LogP contribution in [0.15, 0.2) is 24.3 Å². The van der Waals surface area contributed by atoms with Gasteiger partial charge in [0.1, 0.15) is 11.4 Å². The molecule has 0 saturated carbocycles. The van der Waals surface area contributed by atoms with E-state index in [0.29, 0.717) is 13.0 Å². The standard InChI is InChI=1S/C12H17NO2.C5H10O2/c1-15-10-4-2-9(3-5-10)11-6-7-13-8-12(11)14;1-5(2,3)7-4-6/h2-5,11-14H,6-8H2,1H3;4H,1-3H3/t11-,12+;/m1./s1. The molecule has 1 aromatic rings. The van der Waals surface area contributed by atoms with E-state index in [4.69, 9.17) is 4.74 Å². The molecule has 0 aromatic heterocycles. The van der Waals surface area contributed by atoms with Crippen molar-refractivity contribution in [2.45, 2.75) is 44.8 Å². The van der Waals surface area contributed by atoms with E-state index in [0.717, 1.165) is 18.7 Å². The van der Waals surface area contributed by atoms with E-state index in [-0.39, 0.29) is 17.6 Å². The molecular formula is C17H27NO4. The predicted octanol–water partition coefficient (Wildman–Crippen LogP) is 2.09. The van der Waals surface area contributed by atoms with E-state index in [9.17, 15) is 9.90 Å². The second-order valence-corrected chi connectivity index (χ2v) is 6.27. The number of hydrogen-bond acceptors (Lipinski definition) is 5. The van der Waals surface area contributed by atoms with Crippen molar-refractivity contribution >= 4 is 6.47 Å². The Morgan fingerprint density at radius 3 is 2.32 bits per heavy atom. The molecule has 1 aliphatic heterocycles. The maximum Gasteiger partial charge on any atom is 0.293 e. The topological polar surface area (TPSA) is 67.8 Å². The number of hydrogen-bond donors (Lipinski definition) is 2. The molecule has 124 valence electrons. The monoisotopic (exact) mass is 309 g/mol. The van der Waals surface area contributed by atoms with Crippen LogP contribution < -0.4 is 10.1 Å². The molecule has 0 aliphatic carbocycles. The highest BCUT2D eigenvalue weighted by molar-refractivity contribution is 5.37. The molecule has 0 unspecified atom stereocenters. The molecule has 2 rings (SSSR count). The first-order chi connectivity index (χ1) is 10.4. The quantitative estimate of drug-likeness (QED) is 0.837. The average molecular weight is 309 g/mol. The van der Waals surface area contributed by atoms with Gasteiger partial charge in [-0.15, -0.1) is 0 Å². The molecule has 1 aliphatic rings. The van der Waals surface area contributed by atoms with Crippen molar-refractivity contribution in [3.8, 4) is 5.75 Å². The number of benzene rings is 1. The Morgan fingerprint density at radius 2 is 1.91 bits per heavy atom. The smallest absolute Gasteiger partial charge is 0.293 e. The van der Waals surface area contributed by atoms with Gasteiger partial charge in [-0.2, -0.15) is 0 Å². The minimum absolute atomic E-state index is 0.261. The first-order valence-corrected chi connectivity index (χ1v) is 7.51. The largest absolute Gasteiger partial charge is 0.497 e. The molecule has 5 nitrogen and oxygen atoms in total. The lowest BCUT2D eigenvalue weighted by atomic mass is 9.88. The Labute approximate surface area is 132 Å². The predicted molar refractivity (Wildman–Crippen MR) is 86.1 cm³/mol. The second kappa shape index (κ2) is 8.76. The maximum atomic E-state index is 9.86. The van der Waals surface area contributed by atoms with E-state index in [2.05, 4.69) is 10.1 Å². The van der Waals surface area contributed by atoms with Crippen molar-refractivity contribution in [2.75, 3.05) is 20.2 Å². The van der Waals surface area contributed by atoms with Gasteiger partial charge in [0.15, 0.2) is 0 Å². The van der Waals surface area contributed by atoms with Crippen molar-refractivity contribution in [3.05, 3.63) is 29.8 Å². The Morgan fingerprint density at radius 1 is 1.27 bits per heavy atom. The summed E-state index contributed by atoms with van der Waals surface area (Å²) in [5, 5.41) is 13.0. The third-order valence-electron chi connectivity index (χ3n) is 3.40. The minimum Gasteiger partial charge on any atom is -0.497 e. The van der Waals surface area contributed by atoms with E-state index in [1.54, 1.807) is 7.11 Å². The van der Waals surface area contributed by atoms with Gasteiger partial charge in [-0.05, 0) is 51.4 Å². The highest BCUT2D eigenvalue weighted by atomic mass is 16.5. The summed E-state index contributed by atoms with van der Waals surface area (Å²) in [7, 11) is 1.66. The molecule has 2 N–H and O–H groups in total. The van der Waals surface area contributed by atoms with Gasteiger partial charge >= 0.3 is 0 Å². The molecule has 1 aromatic carbocycles. The number of piperidine rings is 1. The molecule has 0 spiro atoms. The number of aliphatic hydroxyl groups is 1. The maximum absolute atomic E-state index is 9.86. The van der Waals surface area contributed by atoms with Crippen molar-refractivity contribution < 1.29 is 19.4 Å². The Bertz CT molecular complexity index is 439. The number of rotatable bonds is 3. The lowest BCUT2D eigenvalue weighted by Gasteiger charge is -2.28. The molecule has 0 amide bonds. The molecule has 1 heterocycles. The first kappa shape index (κ1) is 18.5. The van der Waals surface area contributed by atoms with Crippen molar-refractivity contribution in [2.24, 2.45) is 0 Å². The van der Waals surface area contributed by atoms with Crippen LogP contribution in [0.4, 0.5) is 0 Å². The van der Waals surface area contributed by atoms with Crippen LogP contribution >= 0.6 is 0 Å². The zero-order chi connectivity index (χ0) is 16.6. The molecule has 0 radical (unpaired) electrons. The summed E-state index contributed by atoms with van der Waals surface area (Å²) in [6, 6.07) is 7.98. The fraction of sp³-hybridized carbons (Fsp3) is 0.588. The van der Waals surface area contributed by atoms with Crippen LogP contribution in [0.5, 0.6) is 5.75 Å². The summed E-state index contributed by atoms with van der Waals surface area (Å²) in [5.41, 5.74) is 0.881. The van der Waals surface area contributed by atoms with Crippen molar-refractivity contribution in [1.29, 1.82) is 0 Å². The molecule has 5 heteroatoms. The number of methoxy groups -OCH3 is 1. The van der Waals surface area contributed by atoms with Gasteiger partial charge < -0.3 is 19.9 Å². The lowest BCUT2D eigenvalue weighted by Crippen LogP contribution is -2.39. The first-order valence-electron chi connectivity index (χ1n) is 7.51. The lowest BCUT2D eigenvalue weighted by molar-refractivity contribution is -0.138. The molecule has 1 saturated heterocycles. The van der Waals surface area contributed by atoms with Gasteiger partial charge in [0.25, 0.3) is 6.47 Å². The number of carbonyl (C=O) groups is 1.